The summed E-state index contributed by atoms with van der Waals surface area (Å²) >= 11 is 2.83. The molecule has 4 aromatic rings. The lowest BCUT2D eigenvalue weighted by molar-refractivity contribution is -0.126. The summed E-state index contributed by atoms with van der Waals surface area (Å²) in [4.78, 5) is 48.6. The molecule has 0 bridgehead atoms. The zero-order valence-electron chi connectivity index (χ0n) is 28.5. The number of nitrogens with one attached hydrogen (secondary N) is 3. The Bertz CT molecular complexity index is 1620. The number of aliphatic hydroxyl groups is 2. The lowest BCUT2D eigenvalue weighted by atomic mass is 9.90. The van der Waals surface area contributed by atoms with E-state index in [0.29, 0.717) is 5.69 Å². The molecular formula is C36H45N5O7S2. The van der Waals surface area contributed by atoms with Gasteiger partial charge in [-0.25, -0.2) is 14.6 Å². The number of aliphatic hydroxyl groups excluding tert-OH is 2. The second kappa shape index (κ2) is 19.1. The number of alkyl carbamates (subject to hydrolysis) is 2. The number of ether oxygens (including phenoxy) is 2. The summed E-state index contributed by atoms with van der Waals surface area (Å²) in [5, 5.41) is 34.3. The number of rotatable bonds is 17. The number of hydrogen-bond donors (Lipinski definition) is 5. The van der Waals surface area contributed by atoms with E-state index in [9.17, 15) is 24.6 Å². The van der Waals surface area contributed by atoms with E-state index in [4.69, 9.17) is 9.47 Å². The molecule has 2 heterocycles. The van der Waals surface area contributed by atoms with E-state index in [1.807, 2.05) is 79.9 Å². The quantitative estimate of drug-likeness (QED) is 0.101. The van der Waals surface area contributed by atoms with Crippen molar-refractivity contribution < 1.29 is 34.1 Å². The maximum absolute atomic E-state index is 13.8. The first-order valence-corrected chi connectivity index (χ1v) is 18.2. The number of benzene rings is 2. The Morgan fingerprint density at radius 3 is 1.84 bits per heavy atom. The minimum atomic E-state index is -1.55. The van der Waals surface area contributed by atoms with Crippen molar-refractivity contribution >= 4 is 40.8 Å². The average molecular weight is 724 g/mol. The molecule has 0 saturated heterocycles. The van der Waals surface area contributed by atoms with E-state index in [0.717, 1.165) is 21.0 Å². The van der Waals surface area contributed by atoms with Crippen LogP contribution in [0.25, 0.3) is 0 Å². The summed E-state index contributed by atoms with van der Waals surface area (Å²) in [5.41, 5.74) is 3.84. The van der Waals surface area contributed by atoms with Gasteiger partial charge in [0.2, 0.25) is 5.91 Å². The van der Waals surface area contributed by atoms with Crippen LogP contribution in [0.15, 0.2) is 77.8 Å². The molecule has 2 aromatic carbocycles. The van der Waals surface area contributed by atoms with Gasteiger partial charge in [0.05, 0.1) is 33.2 Å². The number of amides is 3. The van der Waals surface area contributed by atoms with E-state index < -0.39 is 48.4 Å². The molecule has 0 radical (unpaired) electrons. The Morgan fingerprint density at radius 1 is 0.760 bits per heavy atom. The molecule has 0 aliphatic carbocycles. The fourth-order valence-electron chi connectivity index (χ4n) is 5.14. The van der Waals surface area contributed by atoms with Crippen molar-refractivity contribution in [1.82, 2.24) is 25.9 Å². The van der Waals surface area contributed by atoms with E-state index in [2.05, 4.69) is 25.9 Å². The standard InChI is InChI=1S/C36H45N5O7S2/c1-22(2)30(41-36(46)47-18-26-20-49-34(38-26)23(3)4)33(44)39-28(15-24-11-7-5-8-12-24)31(42)32(43)29(16-25-13-9-6-10-14-25)40-35(45)48-19-27-17-37-21-50-27/h5-14,17,20-23,28-32,42-43H,15-16,18-19H2,1-4H3,(H,39,44)(H,40,45)(H,41,46)/t28-,29-,30-,31+,32-/m0/s1. The summed E-state index contributed by atoms with van der Waals surface area (Å²) in [6, 6.07) is 15.4. The third-order valence-corrected chi connectivity index (χ3v) is 9.82. The van der Waals surface area contributed by atoms with Gasteiger partial charge in [0.25, 0.3) is 0 Å². The first-order chi connectivity index (χ1) is 24.0. The van der Waals surface area contributed by atoms with Crippen LogP contribution in [0.3, 0.4) is 0 Å². The molecule has 0 aliphatic rings. The molecule has 268 valence electrons. The lowest BCUT2D eigenvalue weighted by Gasteiger charge is -2.34. The third kappa shape index (κ3) is 11.9. The second-order valence-electron chi connectivity index (χ2n) is 12.5. The largest absolute Gasteiger partial charge is 0.444 e. The highest BCUT2D eigenvalue weighted by molar-refractivity contribution is 7.09. The number of thiazole rings is 2. The Labute approximate surface area is 300 Å². The Kier molecular flexibility index (Phi) is 14.7. The fourth-order valence-corrected chi connectivity index (χ4v) is 6.46. The molecule has 0 spiro atoms. The molecule has 0 fully saturated rings. The van der Waals surface area contributed by atoms with Gasteiger partial charge in [0.1, 0.15) is 31.5 Å². The Morgan fingerprint density at radius 2 is 1.32 bits per heavy atom. The van der Waals surface area contributed by atoms with Gasteiger partial charge in [-0.2, -0.15) is 0 Å². The van der Waals surface area contributed by atoms with E-state index in [1.54, 1.807) is 25.6 Å². The summed E-state index contributed by atoms with van der Waals surface area (Å²) < 4.78 is 10.7. The van der Waals surface area contributed by atoms with Crippen LogP contribution >= 0.6 is 22.7 Å². The van der Waals surface area contributed by atoms with Crippen LogP contribution in [0.5, 0.6) is 0 Å². The summed E-state index contributed by atoms with van der Waals surface area (Å²) in [7, 11) is 0. The van der Waals surface area contributed by atoms with Crippen molar-refractivity contribution in [3.63, 3.8) is 0 Å². The van der Waals surface area contributed by atoms with Gasteiger partial charge in [-0.15, -0.1) is 22.7 Å². The van der Waals surface area contributed by atoms with Crippen LogP contribution in [0.2, 0.25) is 0 Å². The summed E-state index contributed by atoms with van der Waals surface area (Å²) in [5.74, 6) is -0.673. The van der Waals surface area contributed by atoms with Crippen LogP contribution in [-0.2, 0) is 40.3 Å². The molecule has 50 heavy (non-hydrogen) atoms. The highest BCUT2D eigenvalue weighted by atomic mass is 32.1. The van der Waals surface area contributed by atoms with Crippen molar-refractivity contribution in [3.8, 4) is 0 Å². The van der Waals surface area contributed by atoms with Crippen LogP contribution in [-0.4, -0.2) is 68.6 Å². The molecule has 4 rings (SSSR count). The van der Waals surface area contributed by atoms with Gasteiger partial charge in [0.15, 0.2) is 0 Å². The summed E-state index contributed by atoms with van der Waals surface area (Å²) in [6.45, 7) is 7.55. The smallest absolute Gasteiger partial charge is 0.408 e. The van der Waals surface area contributed by atoms with Crippen molar-refractivity contribution in [2.45, 2.75) is 90.0 Å². The summed E-state index contributed by atoms with van der Waals surface area (Å²) in [6.07, 6.45) is -2.75. The van der Waals surface area contributed by atoms with Crippen molar-refractivity contribution in [2.24, 2.45) is 5.92 Å². The number of carbonyl (C=O) groups is 3. The fraction of sp³-hybridized carbons (Fsp3) is 0.417. The second-order valence-corrected chi connectivity index (χ2v) is 14.4. The van der Waals surface area contributed by atoms with Crippen LogP contribution in [0.4, 0.5) is 9.59 Å². The van der Waals surface area contributed by atoms with Crippen LogP contribution in [0.1, 0.15) is 60.3 Å². The van der Waals surface area contributed by atoms with Crippen LogP contribution < -0.4 is 16.0 Å². The van der Waals surface area contributed by atoms with Crippen molar-refractivity contribution in [2.75, 3.05) is 0 Å². The van der Waals surface area contributed by atoms with E-state index >= 15 is 0 Å². The zero-order chi connectivity index (χ0) is 36.0. The molecule has 12 nitrogen and oxygen atoms in total. The zero-order valence-corrected chi connectivity index (χ0v) is 30.2. The first kappa shape index (κ1) is 38.4. The van der Waals surface area contributed by atoms with Gasteiger partial charge >= 0.3 is 12.2 Å². The topological polar surface area (TPSA) is 172 Å². The minimum absolute atomic E-state index is 0.00528. The highest BCUT2D eigenvalue weighted by Gasteiger charge is 2.36. The number of hydrogen-bond acceptors (Lipinski definition) is 11. The van der Waals surface area contributed by atoms with Gasteiger partial charge in [0, 0.05) is 17.5 Å². The molecule has 3 amide bonds. The SMILES string of the molecule is CC(C)c1nc(COC(=O)N[C@H](C(=O)N[C@@H](Cc2ccccc2)[C@@H](O)[C@@H](O)[C@H](Cc2ccccc2)NC(=O)OCc2cncs2)C(C)C)cs1. The molecular weight excluding hydrogens is 679 g/mol. The monoisotopic (exact) mass is 723 g/mol. The Hall–Kier alpha value is -4.37. The molecule has 2 aromatic heterocycles. The maximum Gasteiger partial charge on any atom is 0.408 e. The number of aromatic nitrogens is 2. The molecule has 14 heteroatoms. The molecule has 5 N–H and O–H groups in total. The third-order valence-electron chi connectivity index (χ3n) is 7.87. The maximum atomic E-state index is 13.8. The molecule has 0 aliphatic heterocycles. The lowest BCUT2D eigenvalue weighted by Crippen LogP contribution is -2.60. The Balaban J connectivity index is 1.48. The first-order valence-electron chi connectivity index (χ1n) is 16.4. The van der Waals surface area contributed by atoms with Crippen molar-refractivity contribution in [3.05, 3.63) is 104 Å². The van der Waals surface area contributed by atoms with Crippen molar-refractivity contribution in [1.29, 1.82) is 0 Å². The van der Waals surface area contributed by atoms with Gasteiger partial charge in [-0.3, -0.25) is 9.78 Å². The predicted octanol–water partition coefficient (Wildman–Crippen LogP) is 4.96. The highest BCUT2D eigenvalue weighted by Crippen LogP contribution is 2.20. The number of nitrogens with zero attached hydrogens (tertiary/aromatic N) is 2. The molecule has 0 saturated carbocycles. The van der Waals surface area contributed by atoms with E-state index in [-0.39, 0.29) is 37.9 Å². The molecule has 5 atom stereocenters. The van der Waals surface area contributed by atoms with Crippen LogP contribution in [0, 0.1) is 5.92 Å². The minimum Gasteiger partial charge on any atom is -0.444 e. The average Bonchev–Trinajstić information content (AvgIpc) is 3.81. The number of carbonyl (C=O) groups excluding carboxylic acids is 3. The van der Waals surface area contributed by atoms with Gasteiger partial charge in [-0.1, -0.05) is 88.4 Å². The molecule has 0 unspecified atom stereocenters. The van der Waals surface area contributed by atoms with Gasteiger partial charge in [-0.05, 0) is 29.9 Å². The predicted molar refractivity (Wildman–Crippen MR) is 192 cm³/mol. The van der Waals surface area contributed by atoms with E-state index in [1.165, 1.54) is 22.7 Å². The van der Waals surface area contributed by atoms with Gasteiger partial charge < -0.3 is 35.6 Å². The normalized spacial score (nSPS) is 14.3.